The average molecular weight is 255 g/mol. The topological polar surface area (TPSA) is 40.5 Å². The molecule has 0 aromatic heterocycles. The maximum absolute atomic E-state index is 10.6. The third-order valence-corrected chi connectivity index (χ3v) is 4.17. The fraction of sp³-hybridized carbons (Fsp3) is 0.933. The van der Waals surface area contributed by atoms with E-state index in [2.05, 4.69) is 25.7 Å². The maximum Gasteiger partial charge on any atom is 0.303 e. The molecule has 2 unspecified atom stereocenters. The third-order valence-electron chi connectivity index (χ3n) is 4.17. The number of rotatable bonds is 6. The Labute approximate surface area is 112 Å². The summed E-state index contributed by atoms with van der Waals surface area (Å²) in [5, 5.41) is 8.74. The Morgan fingerprint density at radius 2 is 2.00 bits per heavy atom. The van der Waals surface area contributed by atoms with Crippen LogP contribution in [0.5, 0.6) is 0 Å². The van der Waals surface area contributed by atoms with Gasteiger partial charge in [0.15, 0.2) is 0 Å². The van der Waals surface area contributed by atoms with E-state index >= 15 is 0 Å². The van der Waals surface area contributed by atoms with Gasteiger partial charge in [0, 0.05) is 18.5 Å². The first-order chi connectivity index (χ1) is 8.50. The number of hydrogen-bond acceptors (Lipinski definition) is 2. The van der Waals surface area contributed by atoms with Crippen LogP contribution in [0.15, 0.2) is 0 Å². The molecule has 0 saturated heterocycles. The van der Waals surface area contributed by atoms with Gasteiger partial charge in [-0.1, -0.05) is 19.8 Å². The Balaban J connectivity index is 2.46. The van der Waals surface area contributed by atoms with Crippen LogP contribution in [-0.2, 0) is 4.79 Å². The largest absolute Gasteiger partial charge is 0.481 e. The maximum atomic E-state index is 10.6. The Bertz CT molecular complexity index is 253. The van der Waals surface area contributed by atoms with Gasteiger partial charge in [-0.15, -0.1) is 0 Å². The minimum atomic E-state index is -0.673. The lowest BCUT2D eigenvalue weighted by Crippen LogP contribution is -2.41. The number of carboxylic acids is 1. The van der Waals surface area contributed by atoms with Crippen molar-refractivity contribution in [2.24, 2.45) is 5.92 Å². The molecule has 1 N–H and O–H groups in total. The lowest BCUT2D eigenvalue weighted by Gasteiger charge is -2.34. The Morgan fingerprint density at radius 1 is 1.28 bits per heavy atom. The minimum Gasteiger partial charge on any atom is -0.481 e. The molecular weight excluding hydrogens is 226 g/mol. The molecule has 1 aliphatic rings. The van der Waals surface area contributed by atoms with Crippen molar-refractivity contribution < 1.29 is 9.90 Å². The summed E-state index contributed by atoms with van der Waals surface area (Å²) in [4.78, 5) is 13.1. The van der Waals surface area contributed by atoms with Crippen molar-refractivity contribution in [1.29, 1.82) is 0 Å². The van der Waals surface area contributed by atoms with Crippen molar-refractivity contribution in [3.63, 3.8) is 0 Å². The lowest BCUT2D eigenvalue weighted by atomic mass is 10.0. The van der Waals surface area contributed by atoms with E-state index in [9.17, 15) is 4.79 Å². The summed E-state index contributed by atoms with van der Waals surface area (Å²) in [6, 6.07) is 1.20. The van der Waals surface area contributed by atoms with Crippen LogP contribution in [-0.4, -0.2) is 34.6 Å². The zero-order valence-electron chi connectivity index (χ0n) is 12.2. The van der Waals surface area contributed by atoms with Crippen molar-refractivity contribution >= 4 is 5.97 Å². The van der Waals surface area contributed by atoms with Gasteiger partial charge in [0.25, 0.3) is 0 Å². The molecule has 18 heavy (non-hydrogen) atoms. The SMILES string of the molecule is CC1CCCC(N(CCCC(=O)O)C(C)C)CC1. The molecule has 3 heteroatoms. The fourth-order valence-electron chi connectivity index (χ4n) is 3.07. The van der Waals surface area contributed by atoms with E-state index in [4.69, 9.17) is 5.11 Å². The van der Waals surface area contributed by atoms with E-state index in [1.165, 1.54) is 32.1 Å². The lowest BCUT2D eigenvalue weighted by molar-refractivity contribution is -0.137. The first kappa shape index (κ1) is 15.5. The van der Waals surface area contributed by atoms with Gasteiger partial charge in [-0.2, -0.15) is 0 Å². The number of nitrogens with zero attached hydrogens (tertiary/aromatic N) is 1. The molecule has 1 saturated carbocycles. The average Bonchev–Trinajstić information content (AvgIpc) is 2.49. The van der Waals surface area contributed by atoms with Gasteiger partial charge in [0.2, 0.25) is 0 Å². The summed E-state index contributed by atoms with van der Waals surface area (Å²) in [7, 11) is 0. The molecule has 0 aromatic rings. The minimum absolute atomic E-state index is 0.298. The van der Waals surface area contributed by atoms with Crippen LogP contribution in [0.2, 0.25) is 0 Å². The van der Waals surface area contributed by atoms with Crippen molar-refractivity contribution in [1.82, 2.24) is 4.90 Å². The molecule has 1 fully saturated rings. The summed E-state index contributed by atoms with van der Waals surface area (Å²) in [5.74, 6) is 0.191. The first-order valence-corrected chi connectivity index (χ1v) is 7.48. The second-order valence-electron chi connectivity index (χ2n) is 6.10. The zero-order chi connectivity index (χ0) is 13.5. The summed E-state index contributed by atoms with van der Waals surface area (Å²) in [6.45, 7) is 7.75. The molecule has 0 amide bonds. The third kappa shape index (κ3) is 5.38. The van der Waals surface area contributed by atoms with Crippen molar-refractivity contribution in [2.75, 3.05) is 6.54 Å². The number of carbonyl (C=O) groups is 1. The van der Waals surface area contributed by atoms with Gasteiger partial charge in [-0.05, 0) is 52.0 Å². The van der Waals surface area contributed by atoms with Gasteiger partial charge in [0.1, 0.15) is 0 Å². The first-order valence-electron chi connectivity index (χ1n) is 7.48. The van der Waals surface area contributed by atoms with Gasteiger partial charge in [-0.25, -0.2) is 0 Å². The summed E-state index contributed by atoms with van der Waals surface area (Å²) < 4.78 is 0. The number of hydrogen-bond donors (Lipinski definition) is 1. The van der Waals surface area contributed by atoms with E-state index < -0.39 is 5.97 Å². The highest BCUT2D eigenvalue weighted by Crippen LogP contribution is 2.27. The summed E-state index contributed by atoms with van der Waals surface area (Å²) in [5.41, 5.74) is 0. The highest BCUT2D eigenvalue weighted by Gasteiger charge is 2.23. The van der Waals surface area contributed by atoms with Crippen LogP contribution in [0, 0.1) is 5.92 Å². The van der Waals surface area contributed by atoms with E-state index in [0.717, 1.165) is 18.9 Å². The quantitative estimate of drug-likeness (QED) is 0.738. The highest BCUT2D eigenvalue weighted by atomic mass is 16.4. The van der Waals surface area contributed by atoms with Crippen LogP contribution >= 0.6 is 0 Å². The summed E-state index contributed by atoms with van der Waals surface area (Å²) >= 11 is 0. The fourth-order valence-corrected chi connectivity index (χ4v) is 3.07. The van der Waals surface area contributed by atoms with E-state index in [-0.39, 0.29) is 0 Å². The Hall–Kier alpha value is -0.570. The van der Waals surface area contributed by atoms with Gasteiger partial charge in [0.05, 0.1) is 0 Å². The van der Waals surface area contributed by atoms with Crippen molar-refractivity contribution in [3.05, 3.63) is 0 Å². The molecule has 2 atom stereocenters. The predicted molar refractivity (Wildman–Crippen MR) is 74.7 cm³/mol. The van der Waals surface area contributed by atoms with E-state index in [1.54, 1.807) is 0 Å². The van der Waals surface area contributed by atoms with Gasteiger partial charge in [-0.3, -0.25) is 9.69 Å². The smallest absolute Gasteiger partial charge is 0.303 e. The van der Waals surface area contributed by atoms with Gasteiger partial charge < -0.3 is 5.11 Å². The highest BCUT2D eigenvalue weighted by molar-refractivity contribution is 5.66. The molecule has 0 heterocycles. The monoisotopic (exact) mass is 255 g/mol. The molecular formula is C15H29NO2. The zero-order valence-corrected chi connectivity index (χ0v) is 12.2. The predicted octanol–water partition coefficient (Wildman–Crippen LogP) is 3.53. The van der Waals surface area contributed by atoms with Gasteiger partial charge >= 0.3 is 5.97 Å². The van der Waals surface area contributed by atoms with Crippen LogP contribution in [0.1, 0.15) is 65.7 Å². The normalized spacial score (nSPS) is 25.4. The molecule has 1 rings (SSSR count). The molecule has 0 spiro atoms. The Kier molecular flexibility index (Phi) is 6.69. The van der Waals surface area contributed by atoms with Crippen LogP contribution in [0.4, 0.5) is 0 Å². The number of aliphatic carboxylic acids is 1. The molecule has 0 aliphatic heterocycles. The van der Waals surface area contributed by atoms with Crippen LogP contribution < -0.4 is 0 Å². The van der Waals surface area contributed by atoms with E-state index in [1.807, 2.05) is 0 Å². The van der Waals surface area contributed by atoms with E-state index in [0.29, 0.717) is 18.5 Å². The Morgan fingerprint density at radius 3 is 2.61 bits per heavy atom. The second-order valence-corrected chi connectivity index (χ2v) is 6.10. The standard InChI is InChI=1S/C15H29NO2/c1-12(2)16(11-5-8-15(17)18)14-7-4-6-13(3)9-10-14/h12-14H,4-11H2,1-3H3,(H,17,18). The molecule has 0 aromatic carbocycles. The summed E-state index contributed by atoms with van der Waals surface area (Å²) in [6.07, 6.45) is 7.66. The molecule has 1 aliphatic carbocycles. The molecule has 106 valence electrons. The van der Waals surface area contributed by atoms with Crippen molar-refractivity contribution in [3.8, 4) is 0 Å². The molecule has 3 nitrogen and oxygen atoms in total. The van der Waals surface area contributed by atoms with Crippen molar-refractivity contribution in [2.45, 2.75) is 77.8 Å². The molecule has 0 radical (unpaired) electrons. The molecule has 0 bridgehead atoms. The van der Waals surface area contributed by atoms with Crippen LogP contribution in [0.25, 0.3) is 0 Å². The second kappa shape index (κ2) is 7.78. The van der Waals surface area contributed by atoms with Crippen LogP contribution in [0.3, 0.4) is 0 Å². The number of carboxylic acid groups (broad SMARTS) is 1.